The number of fused-ring (bicyclic) bond motifs is 1. The van der Waals surface area contributed by atoms with Crippen LogP contribution in [0.5, 0.6) is 5.75 Å². The third kappa shape index (κ3) is 3.83. The fourth-order valence-electron chi connectivity index (χ4n) is 4.09. The second-order valence-electron chi connectivity index (χ2n) is 6.60. The zero-order chi connectivity index (χ0) is 16.2. The van der Waals surface area contributed by atoms with Crippen molar-refractivity contribution in [1.82, 2.24) is 4.90 Å². The lowest BCUT2D eigenvalue weighted by Crippen LogP contribution is -2.43. The number of carboxylic acid groups (broad SMARTS) is 1. The molecule has 1 heterocycles. The third-order valence-corrected chi connectivity index (χ3v) is 5.15. The number of aliphatic carboxylic acids is 1. The molecule has 1 saturated heterocycles. The van der Waals surface area contributed by atoms with Gasteiger partial charge in [0, 0.05) is 12.6 Å². The van der Waals surface area contributed by atoms with Crippen molar-refractivity contribution < 1.29 is 19.0 Å². The van der Waals surface area contributed by atoms with Crippen LogP contribution in [-0.2, 0) is 4.79 Å². The average molecular weight is 321 g/mol. The van der Waals surface area contributed by atoms with Crippen molar-refractivity contribution in [3.63, 3.8) is 0 Å². The van der Waals surface area contributed by atoms with Gasteiger partial charge in [0.05, 0.1) is 6.61 Å². The Bertz CT molecular complexity index is 534. The van der Waals surface area contributed by atoms with E-state index in [1.165, 1.54) is 25.0 Å². The zero-order valence-corrected chi connectivity index (χ0v) is 13.3. The number of benzene rings is 1. The van der Waals surface area contributed by atoms with E-state index in [1.54, 1.807) is 12.1 Å². The van der Waals surface area contributed by atoms with Gasteiger partial charge < -0.3 is 9.84 Å². The number of hydrogen-bond donors (Lipinski definition) is 1. The van der Waals surface area contributed by atoms with E-state index in [4.69, 9.17) is 4.74 Å². The number of nitrogens with zero attached hydrogens (tertiary/aromatic N) is 1. The molecule has 2 fully saturated rings. The van der Waals surface area contributed by atoms with Crippen LogP contribution >= 0.6 is 0 Å². The van der Waals surface area contributed by atoms with Crippen molar-refractivity contribution in [1.29, 1.82) is 0 Å². The van der Waals surface area contributed by atoms with Crippen molar-refractivity contribution in [2.24, 2.45) is 5.92 Å². The van der Waals surface area contributed by atoms with Gasteiger partial charge in [0.15, 0.2) is 0 Å². The predicted molar refractivity (Wildman–Crippen MR) is 85.0 cm³/mol. The molecule has 4 nitrogen and oxygen atoms in total. The molecule has 126 valence electrons. The fourth-order valence-corrected chi connectivity index (χ4v) is 4.09. The Morgan fingerprint density at radius 1 is 1.26 bits per heavy atom. The van der Waals surface area contributed by atoms with Crippen molar-refractivity contribution >= 4 is 5.97 Å². The second kappa shape index (κ2) is 7.30. The van der Waals surface area contributed by atoms with E-state index in [9.17, 15) is 14.3 Å². The predicted octanol–water partition coefficient (Wildman–Crippen LogP) is 3.31. The molecule has 0 unspecified atom stereocenters. The summed E-state index contributed by atoms with van der Waals surface area (Å²) in [5.41, 5.74) is 0. The molecule has 2 aliphatic rings. The first-order valence-electron chi connectivity index (χ1n) is 8.52. The van der Waals surface area contributed by atoms with E-state index in [1.807, 2.05) is 0 Å². The maximum absolute atomic E-state index is 12.8. The van der Waals surface area contributed by atoms with Gasteiger partial charge in [-0.1, -0.05) is 12.8 Å². The molecule has 0 radical (unpaired) electrons. The Balaban J connectivity index is 1.51. The molecular weight excluding hydrogens is 297 g/mol. The highest BCUT2D eigenvalue weighted by Crippen LogP contribution is 2.39. The minimum Gasteiger partial charge on any atom is -0.494 e. The molecular formula is C18H24FNO3. The van der Waals surface area contributed by atoms with Crippen LogP contribution in [0.2, 0.25) is 0 Å². The van der Waals surface area contributed by atoms with Gasteiger partial charge in [-0.3, -0.25) is 9.69 Å². The Labute approximate surface area is 136 Å². The van der Waals surface area contributed by atoms with E-state index >= 15 is 0 Å². The summed E-state index contributed by atoms with van der Waals surface area (Å²) in [6.07, 6.45) is 6.29. The average Bonchev–Trinajstić information content (AvgIpc) is 2.92. The molecule has 5 heteroatoms. The summed E-state index contributed by atoms with van der Waals surface area (Å²) >= 11 is 0. The number of likely N-dealkylation sites (tertiary alicyclic amines) is 1. The molecule has 0 bridgehead atoms. The van der Waals surface area contributed by atoms with Crippen LogP contribution in [0.15, 0.2) is 24.3 Å². The van der Waals surface area contributed by atoms with Crippen LogP contribution in [-0.4, -0.2) is 41.2 Å². The summed E-state index contributed by atoms with van der Waals surface area (Å²) in [6.45, 7) is 1.27. The number of rotatable bonds is 6. The number of carbonyl (C=O) groups is 1. The van der Waals surface area contributed by atoms with Gasteiger partial charge in [-0.15, -0.1) is 0 Å². The van der Waals surface area contributed by atoms with Crippen molar-refractivity contribution in [3.8, 4) is 5.75 Å². The largest absolute Gasteiger partial charge is 0.494 e. The first-order valence-corrected chi connectivity index (χ1v) is 8.52. The first-order chi connectivity index (χ1) is 11.1. The molecule has 1 aliphatic heterocycles. The zero-order valence-electron chi connectivity index (χ0n) is 13.3. The monoisotopic (exact) mass is 321 g/mol. The third-order valence-electron chi connectivity index (χ3n) is 5.15. The lowest BCUT2D eigenvalue weighted by atomic mass is 9.85. The summed E-state index contributed by atoms with van der Waals surface area (Å²) in [4.78, 5) is 13.7. The lowest BCUT2D eigenvalue weighted by molar-refractivity contribution is -0.142. The molecule has 1 N–H and O–H groups in total. The highest BCUT2D eigenvalue weighted by Gasteiger charge is 2.44. The molecule has 1 saturated carbocycles. The summed E-state index contributed by atoms with van der Waals surface area (Å²) in [5.74, 6) is 0.224. The maximum atomic E-state index is 12.8. The highest BCUT2D eigenvalue weighted by atomic mass is 19.1. The van der Waals surface area contributed by atoms with Crippen molar-refractivity contribution in [2.75, 3.05) is 13.2 Å². The number of ether oxygens (including phenoxy) is 1. The Morgan fingerprint density at radius 2 is 2.00 bits per heavy atom. The molecule has 1 aromatic rings. The van der Waals surface area contributed by atoms with E-state index in [2.05, 4.69) is 4.90 Å². The standard InChI is InChI=1S/C18H24FNO3/c19-14-6-8-15(9-7-14)23-11-3-10-20-16-5-2-1-4-13(16)12-17(20)18(21)22/h6-9,13,16-17H,1-5,10-12H2,(H,21,22)/t13-,16+,17+/m1/s1. The molecule has 0 aromatic heterocycles. The topological polar surface area (TPSA) is 49.8 Å². The second-order valence-corrected chi connectivity index (χ2v) is 6.60. The van der Waals surface area contributed by atoms with E-state index in [0.717, 1.165) is 32.2 Å². The molecule has 3 rings (SSSR count). The van der Waals surface area contributed by atoms with Gasteiger partial charge in [-0.2, -0.15) is 0 Å². The Kier molecular flexibility index (Phi) is 5.16. The van der Waals surface area contributed by atoms with Gasteiger partial charge in [0.25, 0.3) is 0 Å². The van der Waals surface area contributed by atoms with Crippen LogP contribution in [0.1, 0.15) is 38.5 Å². The minimum atomic E-state index is -0.696. The van der Waals surface area contributed by atoms with Crippen molar-refractivity contribution in [2.45, 2.75) is 50.6 Å². The Morgan fingerprint density at radius 3 is 2.74 bits per heavy atom. The van der Waals surface area contributed by atoms with Crippen LogP contribution in [0.4, 0.5) is 4.39 Å². The van der Waals surface area contributed by atoms with Crippen LogP contribution < -0.4 is 4.74 Å². The molecule has 0 spiro atoms. The quantitative estimate of drug-likeness (QED) is 0.817. The van der Waals surface area contributed by atoms with Gasteiger partial charge >= 0.3 is 5.97 Å². The first kappa shape index (κ1) is 16.2. The highest BCUT2D eigenvalue weighted by molar-refractivity contribution is 5.74. The SMILES string of the molecule is O=C(O)[C@@H]1C[C@H]2CCCC[C@@H]2N1CCCOc1ccc(F)cc1. The maximum Gasteiger partial charge on any atom is 0.320 e. The number of halogens is 1. The molecule has 1 aromatic carbocycles. The minimum absolute atomic E-state index is 0.276. The van der Waals surface area contributed by atoms with Gasteiger partial charge in [-0.25, -0.2) is 4.39 Å². The van der Waals surface area contributed by atoms with E-state index in [-0.39, 0.29) is 11.9 Å². The summed E-state index contributed by atoms with van der Waals surface area (Å²) in [6, 6.07) is 6.07. The van der Waals surface area contributed by atoms with Crippen molar-refractivity contribution in [3.05, 3.63) is 30.1 Å². The normalized spacial score (nSPS) is 27.6. The molecule has 3 atom stereocenters. The van der Waals surface area contributed by atoms with E-state index in [0.29, 0.717) is 24.3 Å². The summed E-state index contributed by atoms with van der Waals surface area (Å²) < 4.78 is 18.4. The van der Waals surface area contributed by atoms with Crippen LogP contribution in [0.3, 0.4) is 0 Å². The number of carboxylic acids is 1. The van der Waals surface area contributed by atoms with Crippen LogP contribution in [0, 0.1) is 11.7 Å². The molecule has 23 heavy (non-hydrogen) atoms. The van der Waals surface area contributed by atoms with Gasteiger partial charge in [-0.05, 0) is 55.9 Å². The fraction of sp³-hybridized carbons (Fsp3) is 0.611. The molecule has 1 aliphatic carbocycles. The smallest absolute Gasteiger partial charge is 0.320 e. The van der Waals surface area contributed by atoms with Gasteiger partial charge in [0.1, 0.15) is 17.6 Å². The Hall–Kier alpha value is -1.62. The summed E-state index contributed by atoms with van der Waals surface area (Å²) in [5, 5.41) is 9.48. The summed E-state index contributed by atoms with van der Waals surface area (Å²) in [7, 11) is 0. The van der Waals surface area contributed by atoms with Gasteiger partial charge in [0.2, 0.25) is 0 Å². The lowest BCUT2D eigenvalue weighted by Gasteiger charge is -2.32. The molecule has 0 amide bonds. The van der Waals surface area contributed by atoms with Crippen LogP contribution in [0.25, 0.3) is 0 Å². The van der Waals surface area contributed by atoms with E-state index < -0.39 is 5.97 Å². The number of hydrogen-bond acceptors (Lipinski definition) is 3.